The minimum Gasteiger partial charge on any atom is -0.466 e. The number of urea groups is 1. The fraction of sp³-hybridized carbons (Fsp3) is 0.179. The average Bonchev–Trinajstić information content (AvgIpc) is 3.74. The summed E-state index contributed by atoms with van der Waals surface area (Å²) in [5.41, 5.74) is 2.40. The molecular formula is C28H25N7O3S. The van der Waals surface area contributed by atoms with Gasteiger partial charge in [0.1, 0.15) is 16.6 Å². The van der Waals surface area contributed by atoms with Gasteiger partial charge in [0, 0.05) is 64.5 Å². The number of ketones is 1. The van der Waals surface area contributed by atoms with Crippen molar-refractivity contribution < 1.29 is 14.3 Å². The molecular weight excluding hydrogens is 514 g/mol. The van der Waals surface area contributed by atoms with Crippen molar-refractivity contribution in [2.75, 3.05) is 23.7 Å². The normalized spacial score (nSPS) is 15.6. The van der Waals surface area contributed by atoms with E-state index < -0.39 is 12.1 Å². The molecule has 196 valence electrons. The minimum atomic E-state index is -0.725. The molecule has 2 amide bonds. The Morgan fingerprint density at radius 3 is 2.69 bits per heavy atom. The number of amides is 2. The maximum absolute atomic E-state index is 13.7. The molecule has 2 atom stereocenters. The maximum atomic E-state index is 13.7. The Hall–Kier alpha value is -4.61. The number of para-hydroxylation sites is 1. The van der Waals surface area contributed by atoms with Crippen LogP contribution >= 0.6 is 11.3 Å². The zero-order valence-electron chi connectivity index (χ0n) is 20.8. The molecule has 4 N–H and O–H groups in total. The predicted octanol–water partition coefficient (Wildman–Crippen LogP) is 4.97. The first-order chi connectivity index (χ1) is 19.1. The van der Waals surface area contributed by atoms with E-state index in [-0.39, 0.29) is 23.4 Å². The van der Waals surface area contributed by atoms with Crippen LogP contribution < -0.4 is 20.7 Å². The van der Waals surface area contributed by atoms with E-state index in [0.29, 0.717) is 17.9 Å². The lowest BCUT2D eigenvalue weighted by Gasteiger charge is -2.22. The third-order valence-corrected chi connectivity index (χ3v) is 7.42. The van der Waals surface area contributed by atoms with Gasteiger partial charge in [-0.1, -0.05) is 24.3 Å². The van der Waals surface area contributed by atoms with Crippen LogP contribution in [0.3, 0.4) is 0 Å². The topological polar surface area (TPSA) is 134 Å². The van der Waals surface area contributed by atoms with Gasteiger partial charge in [0.05, 0.1) is 0 Å². The highest BCUT2D eigenvalue weighted by molar-refractivity contribution is 7.13. The second-order valence-corrected chi connectivity index (χ2v) is 9.98. The third kappa shape index (κ3) is 5.49. The molecule has 0 saturated carbocycles. The van der Waals surface area contributed by atoms with Gasteiger partial charge in [0.25, 0.3) is 0 Å². The van der Waals surface area contributed by atoms with Crippen LogP contribution in [0.5, 0.6) is 5.88 Å². The van der Waals surface area contributed by atoms with Crippen molar-refractivity contribution in [3.8, 4) is 16.5 Å². The quantitative estimate of drug-likeness (QED) is 0.205. The fourth-order valence-electron chi connectivity index (χ4n) is 4.63. The Kier molecular flexibility index (Phi) is 6.98. The first kappa shape index (κ1) is 24.7. The van der Waals surface area contributed by atoms with Crippen molar-refractivity contribution in [3.63, 3.8) is 0 Å². The Morgan fingerprint density at radius 1 is 1.00 bits per heavy atom. The number of aromatic nitrogens is 4. The molecule has 1 aromatic carbocycles. The molecule has 11 heteroatoms. The van der Waals surface area contributed by atoms with E-state index >= 15 is 0 Å². The summed E-state index contributed by atoms with van der Waals surface area (Å²) in [4.78, 5) is 42.4. The van der Waals surface area contributed by atoms with Crippen LogP contribution in [0.15, 0.2) is 78.6 Å². The van der Waals surface area contributed by atoms with Gasteiger partial charge in [-0.3, -0.25) is 20.4 Å². The molecule has 0 aliphatic carbocycles. The van der Waals surface area contributed by atoms with E-state index in [1.165, 1.54) is 11.3 Å². The van der Waals surface area contributed by atoms with E-state index in [0.717, 1.165) is 34.4 Å². The SMILES string of the molecule is O=C(Nc1cccc(OC(C(=O)c2c[nH]c3ccccc23)C2CCNC2)n1)Nc1csc(-c2ccncc2)n1. The molecule has 1 aliphatic rings. The summed E-state index contributed by atoms with van der Waals surface area (Å²) < 4.78 is 6.22. The molecule has 5 heterocycles. The highest BCUT2D eigenvalue weighted by Crippen LogP contribution is 2.27. The number of hydrogen-bond donors (Lipinski definition) is 4. The summed E-state index contributed by atoms with van der Waals surface area (Å²) >= 11 is 1.42. The zero-order valence-corrected chi connectivity index (χ0v) is 21.6. The molecule has 6 rings (SSSR count). The molecule has 4 aromatic heterocycles. The number of thiazole rings is 1. The lowest BCUT2D eigenvalue weighted by molar-refractivity contribution is 0.0685. The van der Waals surface area contributed by atoms with Gasteiger partial charge in [-0.2, -0.15) is 4.98 Å². The number of hydrogen-bond acceptors (Lipinski definition) is 8. The van der Waals surface area contributed by atoms with E-state index in [9.17, 15) is 9.59 Å². The fourth-order valence-corrected chi connectivity index (χ4v) is 5.39. The number of ether oxygens (including phenoxy) is 1. The first-order valence-corrected chi connectivity index (χ1v) is 13.4. The molecule has 1 aliphatic heterocycles. The molecule has 39 heavy (non-hydrogen) atoms. The summed E-state index contributed by atoms with van der Waals surface area (Å²) in [6.45, 7) is 1.49. The molecule has 0 bridgehead atoms. The zero-order chi connectivity index (χ0) is 26.6. The maximum Gasteiger partial charge on any atom is 0.326 e. The van der Waals surface area contributed by atoms with Gasteiger partial charge >= 0.3 is 6.03 Å². The molecule has 0 radical (unpaired) electrons. The number of anilines is 2. The summed E-state index contributed by atoms with van der Waals surface area (Å²) in [5.74, 6) is 0.860. The van der Waals surface area contributed by atoms with Crippen LogP contribution in [-0.4, -0.2) is 50.9 Å². The van der Waals surface area contributed by atoms with Crippen LogP contribution in [0.2, 0.25) is 0 Å². The number of aromatic amines is 1. The largest absolute Gasteiger partial charge is 0.466 e. The van der Waals surface area contributed by atoms with Crippen LogP contribution in [0.25, 0.3) is 21.5 Å². The molecule has 2 unspecified atom stereocenters. The summed E-state index contributed by atoms with van der Waals surface area (Å²) in [6, 6.07) is 16.0. The molecule has 5 aromatic rings. The molecule has 0 spiro atoms. The van der Waals surface area contributed by atoms with Crippen LogP contribution in [0.4, 0.5) is 16.4 Å². The number of carbonyl (C=O) groups is 2. The molecule has 1 fully saturated rings. The second kappa shape index (κ2) is 11.0. The standard InChI is InChI=1S/C28H25N7O3S/c36-25(20-15-31-21-5-2-1-4-19(20)21)26(18-10-13-30-14-18)38-24-7-3-6-22(32-24)34-28(37)35-23-16-39-27(33-23)17-8-11-29-12-9-17/h1-9,11-12,15-16,18,26,30-31H,10,13-14H2,(H2,32,34,35,37). The Labute approximate surface area is 227 Å². The van der Waals surface area contributed by atoms with Gasteiger partial charge < -0.3 is 15.0 Å². The van der Waals surface area contributed by atoms with Crippen molar-refractivity contribution in [2.45, 2.75) is 12.5 Å². The van der Waals surface area contributed by atoms with Gasteiger partial charge in [-0.15, -0.1) is 11.3 Å². The Morgan fingerprint density at radius 2 is 1.85 bits per heavy atom. The van der Waals surface area contributed by atoms with Crippen molar-refractivity contribution in [2.24, 2.45) is 5.92 Å². The first-order valence-electron chi connectivity index (χ1n) is 12.5. The van der Waals surface area contributed by atoms with Crippen LogP contribution in [0, 0.1) is 5.92 Å². The van der Waals surface area contributed by atoms with Crippen LogP contribution in [-0.2, 0) is 0 Å². The second-order valence-electron chi connectivity index (χ2n) is 9.12. The lowest BCUT2D eigenvalue weighted by Crippen LogP contribution is -2.37. The number of Topliss-reactive ketones (excluding diaryl/α,β-unsaturated/α-hetero) is 1. The number of carbonyl (C=O) groups excluding carboxylic acids is 2. The Balaban J connectivity index is 1.16. The number of benzene rings is 1. The highest BCUT2D eigenvalue weighted by atomic mass is 32.1. The monoisotopic (exact) mass is 539 g/mol. The summed E-state index contributed by atoms with van der Waals surface area (Å²) in [7, 11) is 0. The van der Waals surface area contributed by atoms with Gasteiger partial charge in [-0.05, 0) is 37.2 Å². The summed E-state index contributed by atoms with van der Waals surface area (Å²) in [5, 5.41) is 12.1. The number of nitrogens with one attached hydrogen (secondary N) is 4. The average molecular weight is 540 g/mol. The Bertz CT molecular complexity index is 1610. The predicted molar refractivity (Wildman–Crippen MR) is 150 cm³/mol. The van der Waals surface area contributed by atoms with Gasteiger partial charge in [0.2, 0.25) is 11.7 Å². The number of nitrogens with zero attached hydrogens (tertiary/aromatic N) is 3. The van der Waals surface area contributed by atoms with E-state index in [1.54, 1.807) is 42.2 Å². The van der Waals surface area contributed by atoms with Crippen molar-refractivity contribution in [3.05, 3.63) is 84.1 Å². The van der Waals surface area contributed by atoms with Crippen molar-refractivity contribution >= 4 is 45.7 Å². The lowest BCUT2D eigenvalue weighted by atomic mass is 9.93. The smallest absolute Gasteiger partial charge is 0.326 e. The van der Waals surface area contributed by atoms with E-state index in [2.05, 4.69) is 35.9 Å². The summed E-state index contributed by atoms with van der Waals surface area (Å²) in [6.07, 6.45) is 5.21. The highest BCUT2D eigenvalue weighted by Gasteiger charge is 2.34. The molecule has 10 nitrogen and oxygen atoms in total. The minimum absolute atomic E-state index is 0.00728. The third-order valence-electron chi connectivity index (χ3n) is 6.53. The number of rotatable bonds is 8. The van der Waals surface area contributed by atoms with Crippen LogP contribution in [0.1, 0.15) is 16.8 Å². The molecule has 1 saturated heterocycles. The number of H-pyrrole nitrogens is 1. The number of pyridine rings is 2. The van der Waals surface area contributed by atoms with Gasteiger partial charge in [0.15, 0.2) is 6.10 Å². The van der Waals surface area contributed by atoms with Gasteiger partial charge in [-0.25, -0.2) is 9.78 Å². The van der Waals surface area contributed by atoms with Crippen molar-refractivity contribution in [1.29, 1.82) is 0 Å². The van der Waals surface area contributed by atoms with E-state index in [1.807, 2.05) is 36.4 Å². The number of fused-ring (bicyclic) bond motifs is 1. The van der Waals surface area contributed by atoms with Crippen molar-refractivity contribution in [1.82, 2.24) is 25.3 Å². The van der Waals surface area contributed by atoms with E-state index in [4.69, 9.17) is 4.74 Å².